The Morgan fingerprint density at radius 1 is 0.781 bits per heavy atom. The summed E-state index contributed by atoms with van der Waals surface area (Å²) < 4.78 is 11.1. The number of nitrogens with one attached hydrogen (secondary N) is 3. The van der Waals surface area contributed by atoms with E-state index in [0.717, 1.165) is 5.56 Å². The third-order valence-electron chi connectivity index (χ3n) is 4.29. The Balaban J connectivity index is 1.45. The first-order valence-corrected chi connectivity index (χ1v) is 10.4. The highest BCUT2D eigenvalue weighted by atomic mass is 32.1. The highest BCUT2D eigenvalue weighted by molar-refractivity contribution is 7.80. The molecule has 0 aliphatic rings. The summed E-state index contributed by atoms with van der Waals surface area (Å²) in [7, 11) is 0. The van der Waals surface area contributed by atoms with Crippen molar-refractivity contribution in [3.63, 3.8) is 0 Å². The van der Waals surface area contributed by atoms with Crippen molar-refractivity contribution in [1.82, 2.24) is 16.2 Å². The Hall–Kier alpha value is -3.91. The molecule has 0 aliphatic carbocycles. The van der Waals surface area contributed by atoms with E-state index >= 15 is 0 Å². The lowest BCUT2D eigenvalue weighted by Crippen LogP contribution is -2.48. The molecule has 3 aromatic rings. The molecule has 0 bridgehead atoms. The Kier molecular flexibility index (Phi) is 8.16. The van der Waals surface area contributed by atoms with E-state index in [4.69, 9.17) is 21.7 Å². The van der Waals surface area contributed by atoms with Gasteiger partial charge in [0.25, 0.3) is 11.8 Å². The van der Waals surface area contributed by atoms with Crippen molar-refractivity contribution < 1.29 is 19.1 Å². The van der Waals surface area contributed by atoms with Gasteiger partial charge in [-0.05, 0) is 67.2 Å². The number of rotatable bonds is 7. The lowest BCUT2D eigenvalue weighted by molar-refractivity contribution is 0.0934. The number of thiocarbonyl (C=S) groups is 1. The minimum Gasteiger partial charge on any atom is -0.494 e. The van der Waals surface area contributed by atoms with E-state index < -0.39 is 11.8 Å². The summed E-state index contributed by atoms with van der Waals surface area (Å²) in [5.74, 6) is 0.409. The fourth-order valence-corrected chi connectivity index (χ4v) is 2.87. The van der Waals surface area contributed by atoms with Crippen molar-refractivity contribution in [1.29, 1.82) is 0 Å². The average Bonchev–Trinajstić information content (AvgIpc) is 2.82. The normalized spacial score (nSPS) is 10.0. The smallest absolute Gasteiger partial charge is 0.269 e. The van der Waals surface area contributed by atoms with Gasteiger partial charge in [-0.15, -0.1) is 0 Å². The number of amides is 2. The minimum atomic E-state index is -0.418. The summed E-state index contributed by atoms with van der Waals surface area (Å²) in [6.45, 7) is 2.80. The maximum absolute atomic E-state index is 12.3. The van der Waals surface area contributed by atoms with Crippen molar-refractivity contribution in [3.05, 3.63) is 95.6 Å². The molecule has 0 aromatic heterocycles. The van der Waals surface area contributed by atoms with Gasteiger partial charge in [-0.25, -0.2) is 0 Å². The van der Waals surface area contributed by atoms with Crippen molar-refractivity contribution in [2.75, 3.05) is 6.61 Å². The number of carbonyl (C=O) groups is 2. The molecule has 3 aromatic carbocycles. The molecule has 164 valence electrons. The highest BCUT2D eigenvalue weighted by Gasteiger charge is 2.11. The standard InChI is InChI=1S/C24H23N3O4S/c1-2-30-21-10-6-9-19(15-21)22(28)25-24(32)27-26-23(29)18-11-13-20(14-12-18)31-16-17-7-4-3-5-8-17/h3-15H,2,16H2,1H3,(H,26,29)(H2,25,27,28,32). The van der Waals surface area contributed by atoms with E-state index in [1.165, 1.54) is 0 Å². The summed E-state index contributed by atoms with van der Waals surface area (Å²) >= 11 is 5.08. The second-order valence-electron chi connectivity index (χ2n) is 6.62. The molecule has 0 aliphatic heterocycles. The van der Waals surface area contributed by atoms with E-state index in [0.29, 0.717) is 35.8 Å². The first-order valence-electron chi connectivity index (χ1n) is 9.96. The molecule has 2 amide bonds. The molecule has 0 fully saturated rings. The third-order valence-corrected chi connectivity index (χ3v) is 4.49. The van der Waals surface area contributed by atoms with Gasteiger partial charge in [0.1, 0.15) is 18.1 Å². The SMILES string of the molecule is CCOc1cccc(C(=O)NC(=S)NNC(=O)c2ccc(OCc3ccccc3)cc2)c1. The summed E-state index contributed by atoms with van der Waals surface area (Å²) in [6.07, 6.45) is 0. The van der Waals surface area contributed by atoms with Gasteiger partial charge < -0.3 is 9.47 Å². The quantitative estimate of drug-likeness (QED) is 0.377. The van der Waals surface area contributed by atoms with Gasteiger partial charge in [0.05, 0.1) is 6.61 Å². The summed E-state index contributed by atoms with van der Waals surface area (Å²) in [5.41, 5.74) is 6.82. The van der Waals surface area contributed by atoms with Crippen LogP contribution in [-0.2, 0) is 6.61 Å². The van der Waals surface area contributed by atoms with Crippen LogP contribution < -0.4 is 25.6 Å². The molecule has 7 nitrogen and oxygen atoms in total. The van der Waals surface area contributed by atoms with Crippen LogP contribution in [0.5, 0.6) is 11.5 Å². The lowest BCUT2D eigenvalue weighted by atomic mass is 10.2. The van der Waals surface area contributed by atoms with Crippen LogP contribution in [0.4, 0.5) is 0 Å². The van der Waals surface area contributed by atoms with Gasteiger partial charge in [0.2, 0.25) is 0 Å². The maximum atomic E-state index is 12.3. The van der Waals surface area contributed by atoms with Crippen LogP contribution in [0.1, 0.15) is 33.2 Å². The fraction of sp³-hybridized carbons (Fsp3) is 0.125. The second-order valence-corrected chi connectivity index (χ2v) is 7.03. The van der Waals surface area contributed by atoms with Crippen molar-refractivity contribution in [3.8, 4) is 11.5 Å². The number of carbonyl (C=O) groups excluding carboxylic acids is 2. The lowest BCUT2D eigenvalue weighted by Gasteiger charge is -2.12. The van der Waals surface area contributed by atoms with E-state index in [1.807, 2.05) is 37.3 Å². The Morgan fingerprint density at radius 2 is 1.53 bits per heavy atom. The van der Waals surface area contributed by atoms with E-state index in [-0.39, 0.29) is 5.11 Å². The van der Waals surface area contributed by atoms with Gasteiger partial charge in [-0.1, -0.05) is 36.4 Å². The Labute approximate surface area is 191 Å². The van der Waals surface area contributed by atoms with Crippen molar-refractivity contribution in [2.24, 2.45) is 0 Å². The summed E-state index contributed by atoms with van der Waals surface area (Å²) in [4.78, 5) is 24.6. The van der Waals surface area contributed by atoms with Crippen LogP contribution >= 0.6 is 12.2 Å². The molecule has 0 atom stereocenters. The number of hydrogen-bond acceptors (Lipinski definition) is 5. The molecule has 3 N–H and O–H groups in total. The highest BCUT2D eigenvalue weighted by Crippen LogP contribution is 2.15. The Morgan fingerprint density at radius 3 is 2.25 bits per heavy atom. The van der Waals surface area contributed by atoms with Crippen LogP contribution in [0.2, 0.25) is 0 Å². The molecule has 3 rings (SSSR count). The second kappa shape index (κ2) is 11.5. The molecular formula is C24H23N3O4S. The number of ether oxygens (including phenoxy) is 2. The first kappa shape index (κ1) is 22.8. The zero-order valence-corrected chi connectivity index (χ0v) is 18.3. The summed E-state index contributed by atoms with van der Waals surface area (Å²) in [6, 6.07) is 23.2. The molecule has 32 heavy (non-hydrogen) atoms. The number of benzene rings is 3. The van der Waals surface area contributed by atoms with E-state index in [2.05, 4.69) is 16.2 Å². The number of hydrazine groups is 1. The van der Waals surface area contributed by atoms with Gasteiger partial charge in [0.15, 0.2) is 5.11 Å². The van der Waals surface area contributed by atoms with Gasteiger partial charge >= 0.3 is 0 Å². The van der Waals surface area contributed by atoms with Crippen LogP contribution in [-0.4, -0.2) is 23.5 Å². The molecule has 8 heteroatoms. The molecular weight excluding hydrogens is 426 g/mol. The zero-order chi connectivity index (χ0) is 22.8. The van der Waals surface area contributed by atoms with Gasteiger partial charge in [-0.3, -0.25) is 25.8 Å². The molecule has 0 spiro atoms. The molecule has 0 saturated heterocycles. The van der Waals surface area contributed by atoms with Crippen molar-refractivity contribution >= 4 is 29.1 Å². The Bertz CT molecular complexity index is 1070. The molecule has 0 heterocycles. The molecule has 0 saturated carbocycles. The maximum Gasteiger partial charge on any atom is 0.269 e. The molecule has 0 unspecified atom stereocenters. The number of hydrogen-bond donors (Lipinski definition) is 3. The predicted molar refractivity (Wildman–Crippen MR) is 125 cm³/mol. The van der Waals surface area contributed by atoms with Crippen molar-refractivity contribution in [2.45, 2.75) is 13.5 Å². The van der Waals surface area contributed by atoms with E-state index in [1.54, 1.807) is 48.5 Å². The summed E-state index contributed by atoms with van der Waals surface area (Å²) in [5, 5.41) is 2.47. The third kappa shape index (κ3) is 6.82. The van der Waals surface area contributed by atoms with E-state index in [9.17, 15) is 9.59 Å². The van der Waals surface area contributed by atoms with Crippen LogP contribution in [0.25, 0.3) is 0 Å². The van der Waals surface area contributed by atoms with Gasteiger partial charge in [0, 0.05) is 11.1 Å². The monoisotopic (exact) mass is 449 g/mol. The van der Waals surface area contributed by atoms with Crippen LogP contribution in [0.15, 0.2) is 78.9 Å². The fourth-order valence-electron chi connectivity index (χ4n) is 2.73. The van der Waals surface area contributed by atoms with Crippen LogP contribution in [0.3, 0.4) is 0 Å². The topological polar surface area (TPSA) is 88.7 Å². The minimum absolute atomic E-state index is 0.0343. The average molecular weight is 450 g/mol. The van der Waals surface area contributed by atoms with Gasteiger partial charge in [-0.2, -0.15) is 0 Å². The predicted octanol–water partition coefficient (Wildman–Crippen LogP) is 3.61. The van der Waals surface area contributed by atoms with Crippen LogP contribution in [0, 0.1) is 0 Å². The largest absolute Gasteiger partial charge is 0.494 e. The first-order chi connectivity index (χ1) is 15.5. The zero-order valence-electron chi connectivity index (χ0n) is 17.5. The molecule has 0 radical (unpaired) electrons.